The van der Waals surface area contributed by atoms with Crippen LogP contribution in [0.25, 0.3) is 11.3 Å². The maximum atomic E-state index is 5.72. The summed E-state index contributed by atoms with van der Waals surface area (Å²) in [6, 6.07) is 9.63. The summed E-state index contributed by atoms with van der Waals surface area (Å²) in [7, 11) is 5.13. The Morgan fingerprint density at radius 1 is 1.06 bits per heavy atom. The third-order valence-corrected chi connectivity index (χ3v) is 2.68. The summed E-state index contributed by atoms with van der Waals surface area (Å²) in [4.78, 5) is 0. The van der Waals surface area contributed by atoms with E-state index in [9.17, 15) is 0 Å². The Morgan fingerprint density at radius 2 is 1.83 bits per heavy atom. The molecule has 1 aromatic carbocycles. The molecule has 0 unspecified atom stereocenters. The second-order valence-electron chi connectivity index (χ2n) is 3.87. The second kappa shape index (κ2) is 5.60. The predicted molar refractivity (Wildman–Crippen MR) is 70.0 cm³/mol. The molecule has 0 radical (unpaired) electrons. The summed E-state index contributed by atoms with van der Waals surface area (Å²) in [6.45, 7) is 0.716. The molecule has 0 amide bonds. The molecule has 0 bridgehead atoms. The van der Waals surface area contributed by atoms with Crippen LogP contribution in [0, 0.1) is 0 Å². The van der Waals surface area contributed by atoms with Crippen molar-refractivity contribution < 1.29 is 13.9 Å². The summed E-state index contributed by atoms with van der Waals surface area (Å²) in [6.07, 6.45) is 0. The molecule has 0 saturated carbocycles. The molecule has 96 valence electrons. The van der Waals surface area contributed by atoms with Crippen LogP contribution in [-0.4, -0.2) is 21.3 Å². The monoisotopic (exact) mass is 247 g/mol. The molecule has 4 heteroatoms. The largest absolute Gasteiger partial charge is 0.493 e. The first-order chi connectivity index (χ1) is 8.78. The van der Waals surface area contributed by atoms with E-state index in [2.05, 4.69) is 5.32 Å². The van der Waals surface area contributed by atoms with Crippen molar-refractivity contribution in [3.8, 4) is 22.8 Å². The Morgan fingerprint density at radius 3 is 2.50 bits per heavy atom. The number of rotatable bonds is 5. The van der Waals surface area contributed by atoms with Crippen LogP contribution in [0.2, 0.25) is 0 Å². The first kappa shape index (κ1) is 12.5. The molecule has 0 fully saturated rings. The van der Waals surface area contributed by atoms with Gasteiger partial charge in [0.05, 0.1) is 20.8 Å². The van der Waals surface area contributed by atoms with Crippen LogP contribution >= 0.6 is 0 Å². The fourth-order valence-electron chi connectivity index (χ4n) is 1.79. The van der Waals surface area contributed by atoms with E-state index in [-0.39, 0.29) is 0 Å². The van der Waals surface area contributed by atoms with E-state index in [4.69, 9.17) is 13.9 Å². The van der Waals surface area contributed by atoms with Crippen molar-refractivity contribution in [3.05, 3.63) is 36.1 Å². The fraction of sp³-hybridized carbons (Fsp3) is 0.286. The number of nitrogens with one attached hydrogen (secondary N) is 1. The number of hydrogen-bond donors (Lipinski definition) is 1. The maximum absolute atomic E-state index is 5.72. The summed E-state index contributed by atoms with van der Waals surface area (Å²) < 4.78 is 16.2. The molecule has 1 aromatic heterocycles. The summed E-state index contributed by atoms with van der Waals surface area (Å²) in [5.74, 6) is 3.13. The lowest BCUT2D eigenvalue weighted by atomic mass is 10.1. The Bertz CT molecular complexity index is 520. The lowest BCUT2D eigenvalue weighted by molar-refractivity contribution is 0.355. The molecule has 0 aliphatic rings. The highest BCUT2D eigenvalue weighted by Crippen LogP contribution is 2.32. The Balaban J connectivity index is 2.31. The molecule has 0 atom stereocenters. The van der Waals surface area contributed by atoms with E-state index in [1.54, 1.807) is 14.2 Å². The quantitative estimate of drug-likeness (QED) is 0.882. The summed E-state index contributed by atoms with van der Waals surface area (Å²) in [5, 5.41) is 3.05. The maximum Gasteiger partial charge on any atom is 0.161 e. The molecule has 4 nitrogen and oxygen atoms in total. The molecule has 1 heterocycles. The van der Waals surface area contributed by atoms with Gasteiger partial charge in [0.25, 0.3) is 0 Å². The van der Waals surface area contributed by atoms with Gasteiger partial charge in [-0.05, 0) is 37.4 Å². The predicted octanol–water partition coefficient (Wildman–Crippen LogP) is 2.68. The van der Waals surface area contributed by atoms with Gasteiger partial charge in [-0.1, -0.05) is 0 Å². The van der Waals surface area contributed by atoms with Gasteiger partial charge in [-0.2, -0.15) is 0 Å². The molecular weight excluding hydrogens is 230 g/mol. The van der Waals surface area contributed by atoms with Gasteiger partial charge >= 0.3 is 0 Å². The van der Waals surface area contributed by atoms with Gasteiger partial charge in [-0.25, -0.2) is 0 Å². The van der Waals surface area contributed by atoms with Crippen LogP contribution in [0.3, 0.4) is 0 Å². The highest BCUT2D eigenvalue weighted by molar-refractivity contribution is 5.62. The SMILES string of the molecule is CNCc1ccc(-c2ccc(OC)c(OC)c2)o1. The number of furan rings is 1. The van der Waals surface area contributed by atoms with Crippen molar-refractivity contribution in [1.82, 2.24) is 5.32 Å². The average molecular weight is 247 g/mol. The molecule has 0 spiro atoms. The van der Waals surface area contributed by atoms with E-state index in [1.807, 2.05) is 37.4 Å². The van der Waals surface area contributed by atoms with Crippen LogP contribution in [0.5, 0.6) is 11.5 Å². The Kier molecular flexibility index (Phi) is 3.89. The lowest BCUT2D eigenvalue weighted by Gasteiger charge is -2.08. The minimum absolute atomic E-state index is 0.696. The molecule has 0 saturated heterocycles. The Hall–Kier alpha value is -1.94. The topological polar surface area (TPSA) is 43.6 Å². The molecular formula is C14H17NO3. The zero-order chi connectivity index (χ0) is 13.0. The van der Waals surface area contributed by atoms with Crippen LogP contribution in [0.1, 0.15) is 5.76 Å². The third-order valence-electron chi connectivity index (χ3n) is 2.68. The van der Waals surface area contributed by atoms with E-state index in [1.165, 1.54) is 0 Å². The number of hydrogen-bond acceptors (Lipinski definition) is 4. The highest BCUT2D eigenvalue weighted by atomic mass is 16.5. The van der Waals surface area contributed by atoms with Crippen LogP contribution in [0.15, 0.2) is 34.7 Å². The van der Waals surface area contributed by atoms with Crippen molar-refractivity contribution in [2.24, 2.45) is 0 Å². The van der Waals surface area contributed by atoms with Crippen LogP contribution < -0.4 is 14.8 Å². The van der Waals surface area contributed by atoms with Crippen molar-refractivity contribution >= 4 is 0 Å². The van der Waals surface area contributed by atoms with E-state index in [0.29, 0.717) is 18.0 Å². The number of benzene rings is 1. The van der Waals surface area contributed by atoms with E-state index in [0.717, 1.165) is 17.1 Å². The number of methoxy groups -OCH3 is 2. The second-order valence-corrected chi connectivity index (χ2v) is 3.87. The average Bonchev–Trinajstić information content (AvgIpc) is 2.87. The van der Waals surface area contributed by atoms with Crippen molar-refractivity contribution in [2.75, 3.05) is 21.3 Å². The summed E-state index contributed by atoms with van der Waals surface area (Å²) >= 11 is 0. The Labute approximate surface area is 107 Å². The van der Waals surface area contributed by atoms with Gasteiger partial charge in [-0.15, -0.1) is 0 Å². The van der Waals surface area contributed by atoms with Crippen molar-refractivity contribution in [3.63, 3.8) is 0 Å². The van der Waals surface area contributed by atoms with Gasteiger partial charge in [0.2, 0.25) is 0 Å². The lowest BCUT2D eigenvalue weighted by Crippen LogP contribution is -2.03. The summed E-state index contributed by atoms with van der Waals surface area (Å²) in [5.41, 5.74) is 0.968. The van der Waals surface area contributed by atoms with Gasteiger partial charge in [0, 0.05) is 5.56 Å². The molecule has 1 N–H and O–H groups in total. The van der Waals surface area contributed by atoms with E-state index >= 15 is 0 Å². The highest BCUT2D eigenvalue weighted by Gasteiger charge is 2.09. The minimum Gasteiger partial charge on any atom is -0.493 e. The van der Waals surface area contributed by atoms with E-state index < -0.39 is 0 Å². The standard InChI is InChI=1S/C14H17NO3/c1-15-9-11-5-7-12(18-11)10-4-6-13(16-2)14(8-10)17-3/h4-8,15H,9H2,1-3H3. The minimum atomic E-state index is 0.696. The fourth-order valence-corrected chi connectivity index (χ4v) is 1.79. The van der Waals surface area contributed by atoms with Gasteiger partial charge in [0.15, 0.2) is 11.5 Å². The first-order valence-corrected chi connectivity index (χ1v) is 5.74. The van der Waals surface area contributed by atoms with Gasteiger partial charge < -0.3 is 19.2 Å². The third kappa shape index (κ3) is 2.49. The van der Waals surface area contributed by atoms with Crippen molar-refractivity contribution in [1.29, 1.82) is 0 Å². The van der Waals surface area contributed by atoms with Gasteiger partial charge in [-0.3, -0.25) is 0 Å². The van der Waals surface area contributed by atoms with Crippen LogP contribution in [0.4, 0.5) is 0 Å². The smallest absolute Gasteiger partial charge is 0.161 e. The first-order valence-electron chi connectivity index (χ1n) is 5.74. The normalized spacial score (nSPS) is 10.4. The van der Waals surface area contributed by atoms with Crippen LogP contribution in [-0.2, 0) is 6.54 Å². The van der Waals surface area contributed by atoms with Crippen molar-refractivity contribution in [2.45, 2.75) is 6.54 Å². The zero-order valence-corrected chi connectivity index (χ0v) is 10.8. The molecule has 18 heavy (non-hydrogen) atoms. The molecule has 2 rings (SSSR count). The molecule has 0 aliphatic heterocycles. The van der Waals surface area contributed by atoms with Gasteiger partial charge in [0.1, 0.15) is 11.5 Å². The molecule has 2 aromatic rings. The molecule has 0 aliphatic carbocycles. The number of ether oxygens (including phenoxy) is 2. The zero-order valence-electron chi connectivity index (χ0n) is 10.8.